The molecule has 1 N–H and O–H groups in total. The maximum Gasteiger partial charge on any atom is 0.311 e. The van der Waals surface area contributed by atoms with Gasteiger partial charge in [0.05, 0.1) is 5.41 Å². The third kappa shape index (κ3) is 1.67. The zero-order valence-electron chi connectivity index (χ0n) is 9.38. The Morgan fingerprint density at radius 3 is 2.88 bits per heavy atom. The first kappa shape index (κ1) is 11.3. The SMILES string of the molecule is CC(C)C1(C(=O)O)CCN(c2ncns2)C1. The van der Waals surface area contributed by atoms with Crippen LogP contribution >= 0.6 is 11.5 Å². The molecule has 0 aromatic carbocycles. The Morgan fingerprint density at radius 1 is 1.69 bits per heavy atom. The molecular weight excluding hydrogens is 226 g/mol. The highest BCUT2D eigenvalue weighted by Crippen LogP contribution is 2.40. The maximum atomic E-state index is 11.4. The van der Waals surface area contributed by atoms with Crippen molar-refractivity contribution < 1.29 is 9.90 Å². The molecule has 1 aromatic rings. The molecule has 6 heteroatoms. The molecule has 1 atom stereocenters. The van der Waals surface area contributed by atoms with Gasteiger partial charge in [0.2, 0.25) is 5.13 Å². The first-order valence-corrected chi connectivity index (χ1v) is 6.08. The van der Waals surface area contributed by atoms with E-state index >= 15 is 0 Å². The van der Waals surface area contributed by atoms with Gasteiger partial charge in [0.1, 0.15) is 6.33 Å². The van der Waals surface area contributed by atoms with Crippen LogP contribution in [0.25, 0.3) is 0 Å². The lowest BCUT2D eigenvalue weighted by Gasteiger charge is -2.28. The van der Waals surface area contributed by atoms with Gasteiger partial charge in [-0.1, -0.05) is 13.8 Å². The molecule has 1 unspecified atom stereocenters. The van der Waals surface area contributed by atoms with Crippen LogP contribution in [-0.4, -0.2) is 33.5 Å². The molecule has 0 saturated carbocycles. The Bertz CT molecular complexity index is 379. The van der Waals surface area contributed by atoms with Gasteiger partial charge in [0.25, 0.3) is 0 Å². The van der Waals surface area contributed by atoms with Gasteiger partial charge >= 0.3 is 5.97 Å². The highest BCUT2D eigenvalue weighted by atomic mass is 32.1. The molecule has 1 aromatic heterocycles. The van der Waals surface area contributed by atoms with Crippen molar-refractivity contribution >= 4 is 22.6 Å². The van der Waals surface area contributed by atoms with Crippen LogP contribution in [0, 0.1) is 11.3 Å². The molecule has 0 radical (unpaired) electrons. The van der Waals surface area contributed by atoms with Crippen molar-refractivity contribution in [2.75, 3.05) is 18.0 Å². The molecule has 16 heavy (non-hydrogen) atoms. The van der Waals surface area contributed by atoms with Crippen molar-refractivity contribution in [3.05, 3.63) is 6.33 Å². The van der Waals surface area contributed by atoms with Crippen LogP contribution in [0.2, 0.25) is 0 Å². The highest BCUT2D eigenvalue weighted by Gasteiger charge is 2.47. The summed E-state index contributed by atoms with van der Waals surface area (Å²) in [6.07, 6.45) is 2.19. The van der Waals surface area contributed by atoms with Crippen molar-refractivity contribution in [1.29, 1.82) is 0 Å². The summed E-state index contributed by atoms with van der Waals surface area (Å²) < 4.78 is 3.95. The van der Waals surface area contributed by atoms with Gasteiger partial charge in [-0.25, -0.2) is 4.98 Å². The summed E-state index contributed by atoms with van der Waals surface area (Å²) in [7, 11) is 0. The largest absolute Gasteiger partial charge is 0.481 e. The summed E-state index contributed by atoms with van der Waals surface area (Å²) in [6, 6.07) is 0. The molecule has 0 aliphatic carbocycles. The number of anilines is 1. The van der Waals surface area contributed by atoms with Crippen LogP contribution in [0.5, 0.6) is 0 Å². The van der Waals surface area contributed by atoms with E-state index in [9.17, 15) is 9.90 Å². The van der Waals surface area contributed by atoms with Crippen LogP contribution in [0.1, 0.15) is 20.3 Å². The summed E-state index contributed by atoms with van der Waals surface area (Å²) in [6.45, 7) is 5.23. The van der Waals surface area contributed by atoms with Crippen LogP contribution in [0.3, 0.4) is 0 Å². The van der Waals surface area contributed by atoms with E-state index in [2.05, 4.69) is 9.36 Å². The van der Waals surface area contributed by atoms with Gasteiger partial charge < -0.3 is 10.0 Å². The molecule has 2 rings (SSSR count). The Kier molecular flexibility index (Phi) is 2.84. The number of hydrogen-bond acceptors (Lipinski definition) is 5. The van der Waals surface area contributed by atoms with Gasteiger partial charge in [-0.2, -0.15) is 4.37 Å². The summed E-state index contributed by atoms with van der Waals surface area (Å²) >= 11 is 1.32. The topological polar surface area (TPSA) is 66.3 Å². The van der Waals surface area contributed by atoms with E-state index in [1.54, 1.807) is 0 Å². The zero-order chi connectivity index (χ0) is 11.8. The Labute approximate surface area is 98.3 Å². The minimum Gasteiger partial charge on any atom is -0.481 e. The number of aliphatic carboxylic acids is 1. The lowest BCUT2D eigenvalue weighted by atomic mass is 9.76. The Morgan fingerprint density at radius 2 is 2.44 bits per heavy atom. The van der Waals surface area contributed by atoms with Crippen molar-refractivity contribution in [2.24, 2.45) is 11.3 Å². The molecular formula is C10H15N3O2S. The lowest BCUT2D eigenvalue weighted by molar-refractivity contribution is -0.150. The number of hydrogen-bond donors (Lipinski definition) is 1. The molecule has 0 bridgehead atoms. The van der Waals surface area contributed by atoms with Gasteiger partial charge in [-0.15, -0.1) is 0 Å². The number of nitrogens with zero attached hydrogens (tertiary/aromatic N) is 3. The predicted octanol–water partition coefficient (Wildman–Crippen LogP) is 1.48. The summed E-state index contributed by atoms with van der Waals surface area (Å²) in [4.78, 5) is 17.6. The zero-order valence-corrected chi connectivity index (χ0v) is 10.2. The molecule has 1 aliphatic rings. The van der Waals surface area contributed by atoms with Crippen molar-refractivity contribution in [1.82, 2.24) is 9.36 Å². The van der Waals surface area contributed by atoms with E-state index in [4.69, 9.17) is 0 Å². The van der Waals surface area contributed by atoms with E-state index in [-0.39, 0.29) is 5.92 Å². The van der Waals surface area contributed by atoms with E-state index in [1.165, 1.54) is 17.9 Å². The lowest BCUT2D eigenvalue weighted by Crippen LogP contribution is -2.39. The van der Waals surface area contributed by atoms with Crippen LogP contribution in [-0.2, 0) is 4.79 Å². The van der Waals surface area contributed by atoms with Gasteiger partial charge in [0.15, 0.2) is 0 Å². The average Bonchev–Trinajstić information content (AvgIpc) is 2.87. The molecule has 88 valence electrons. The van der Waals surface area contributed by atoms with E-state index in [0.29, 0.717) is 13.0 Å². The Hall–Kier alpha value is -1.17. The third-order valence-electron chi connectivity index (χ3n) is 3.45. The fourth-order valence-electron chi connectivity index (χ4n) is 2.20. The number of carboxylic acids is 1. The van der Waals surface area contributed by atoms with E-state index in [1.807, 2.05) is 18.7 Å². The summed E-state index contributed by atoms with van der Waals surface area (Å²) in [5.41, 5.74) is -0.633. The normalized spacial score (nSPS) is 25.3. The fraction of sp³-hybridized carbons (Fsp3) is 0.700. The van der Waals surface area contributed by atoms with Crippen LogP contribution < -0.4 is 4.90 Å². The van der Waals surface area contributed by atoms with E-state index in [0.717, 1.165) is 11.7 Å². The van der Waals surface area contributed by atoms with Gasteiger partial charge in [-0.3, -0.25) is 4.79 Å². The molecule has 2 heterocycles. The number of carbonyl (C=O) groups is 1. The molecule has 1 fully saturated rings. The molecule has 1 saturated heterocycles. The van der Waals surface area contributed by atoms with E-state index < -0.39 is 11.4 Å². The van der Waals surface area contributed by atoms with Crippen LogP contribution in [0.4, 0.5) is 5.13 Å². The second-order valence-corrected chi connectivity index (χ2v) is 5.27. The second-order valence-electron chi connectivity index (χ2n) is 4.51. The molecule has 0 amide bonds. The summed E-state index contributed by atoms with van der Waals surface area (Å²) in [5, 5.41) is 10.2. The maximum absolute atomic E-state index is 11.4. The minimum atomic E-state index is -0.700. The highest BCUT2D eigenvalue weighted by molar-refractivity contribution is 7.09. The molecule has 1 aliphatic heterocycles. The number of aromatic nitrogens is 2. The van der Waals surface area contributed by atoms with Gasteiger partial charge in [-0.05, 0) is 12.3 Å². The number of rotatable bonds is 3. The fourth-order valence-corrected chi connectivity index (χ4v) is 2.75. The second kappa shape index (κ2) is 4.01. The number of carboxylic acid groups (broad SMARTS) is 1. The first-order chi connectivity index (χ1) is 7.56. The van der Waals surface area contributed by atoms with Crippen molar-refractivity contribution in [3.63, 3.8) is 0 Å². The monoisotopic (exact) mass is 241 g/mol. The molecule has 0 spiro atoms. The minimum absolute atomic E-state index is 0.128. The predicted molar refractivity (Wildman–Crippen MR) is 61.6 cm³/mol. The van der Waals surface area contributed by atoms with Gasteiger partial charge in [0, 0.05) is 24.6 Å². The van der Waals surface area contributed by atoms with Crippen LogP contribution in [0.15, 0.2) is 6.33 Å². The third-order valence-corrected chi connectivity index (χ3v) is 4.18. The van der Waals surface area contributed by atoms with Crippen molar-refractivity contribution in [3.8, 4) is 0 Å². The first-order valence-electron chi connectivity index (χ1n) is 5.31. The molecule has 5 nitrogen and oxygen atoms in total. The standard InChI is InChI=1S/C10H15N3O2S/c1-7(2)10(8(14)15)3-4-13(5-10)9-11-6-12-16-9/h6-7H,3-5H2,1-2H3,(H,14,15). The quantitative estimate of drug-likeness (QED) is 0.868. The summed E-state index contributed by atoms with van der Waals surface area (Å²) in [5.74, 6) is -0.572. The van der Waals surface area contributed by atoms with Crippen molar-refractivity contribution in [2.45, 2.75) is 20.3 Å². The Balaban J connectivity index is 2.20. The average molecular weight is 241 g/mol. The smallest absolute Gasteiger partial charge is 0.311 e.